The van der Waals surface area contributed by atoms with E-state index in [4.69, 9.17) is 49.1 Å². The van der Waals surface area contributed by atoms with Crippen molar-refractivity contribution in [1.29, 1.82) is 0 Å². The van der Waals surface area contributed by atoms with Gasteiger partial charge in [0.05, 0.1) is 16.4 Å². The van der Waals surface area contributed by atoms with E-state index in [-0.39, 0.29) is 0 Å². The molecule has 0 saturated carbocycles. The molecule has 2 aromatic heterocycles. The molecule has 9 heteroatoms. The Kier molecular flexibility index (Phi) is 7.33. The first-order valence-corrected chi connectivity index (χ1v) is 12.1. The van der Waals surface area contributed by atoms with E-state index in [1.807, 2.05) is 51.1 Å². The third-order valence-corrected chi connectivity index (χ3v) is 6.27. The van der Waals surface area contributed by atoms with Crippen molar-refractivity contribution in [3.63, 3.8) is 0 Å². The highest BCUT2D eigenvalue weighted by atomic mass is 35.5. The summed E-state index contributed by atoms with van der Waals surface area (Å²) in [5.41, 5.74) is 3.11. The second-order valence-electron chi connectivity index (χ2n) is 8.46. The summed E-state index contributed by atoms with van der Waals surface area (Å²) in [5, 5.41) is 15.0. The number of unbranched alkanes of at least 4 members (excludes halogenated alkanes) is 1. The molecule has 0 saturated heterocycles. The summed E-state index contributed by atoms with van der Waals surface area (Å²) in [4.78, 5) is 0. The number of benzene rings is 2. The summed E-state index contributed by atoms with van der Waals surface area (Å²) in [6.07, 6.45) is 2.00. The molecule has 6 nitrogen and oxygen atoms in total. The number of hydrogen-bond donors (Lipinski definition) is 0. The maximum atomic E-state index is 6.55. The van der Waals surface area contributed by atoms with Gasteiger partial charge in [-0.25, -0.2) is 4.68 Å². The first kappa shape index (κ1) is 24.7. The van der Waals surface area contributed by atoms with Crippen LogP contribution in [0.3, 0.4) is 0 Å². The molecule has 0 unspecified atom stereocenters. The molecule has 2 aromatic carbocycles. The lowest BCUT2D eigenvalue weighted by Gasteiger charge is -2.20. The van der Waals surface area contributed by atoms with Crippen molar-refractivity contribution in [2.24, 2.45) is 0 Å². The summed E-state index contributed by atoms with van der Waals surface area (Å²) >= 11 is 18.8. The average Bonchev–Trinajstić information content (AvgIpc) is 3.40. The van der Waals surface area contributed by atoms with Crippen molar-refractivity contribution in [2.45, 2.75) is 46.1 Å². The average molecular weight is 520 g/mol. The van der Waals surface area contributed by atoms with Crippen molar-refractivity contribution in [3.05, 3.63) is 69.0 Å². The van der Waals surface area contributed by atoms with Crippen molar-refractivity contribution in [3.8, 4) is 28.5 Å². The van der Waals surface area contributed by atoms with Crippen molar-refractivity contribution in [2.75, 3.05) is 6.61 Å². The predicted molar refractivity (Wildman–Crippen MR) is 136 cm³/mol. The van der Waals surface area contributed by atoms with Crippen molar-refractivity contribution >= 4 is 34.8 Å². The van der Waals surface area contributed by atoms with Gasteiger partial charge in [-0.05, 0) is 57.5 Å². The zero-order chi connectivity index (χ0) is 24.5. The summed E-state index contributed by atoms with van der Waals surface area (Å²) in [5.74, 6) is 0.698. The molecule has 0 aliphatic heterocycles. The molecule has 34 heavy (non-hydrogen) atoms. The van der Waals surface area contributed by atoms with Crippen molar-refractivity contribution in [1.82, 2.24) is 20.0 Å². The fourth-order valence-corrected chi connectivity index (χ4v) is 4.18. The maximum Gasteiger partial charge on any atom is 0.268 e. The van der Waals surface area contributed by atoms with E-state index >= 15 is 0 Å². The van der Waals surface area contributed by atoms with Gasteiger partial charge in [0.1, 0.15) is 5.60 Å². The van der Waals surface area contributed by atoms with E-state index in [2.05, 4.69) is 17.1 Å². The third kappa shape index (κ3) is 5.01. The molecular formula is C25H25Cl3N4O2. The Bertz CT molecular complexity index is 1300. The number of halogens is 3. The summed E-state index contributed by atoms with van der Waals surface area (Å²) in [6.45, 7) is 8.52. The standard InChI is InChI=1S/C25H25Cl3N4O2/c1-5-6-13-33-25(3,4)24-30-29-23(34-24)21-15(2)22(16-7-9-17(26)10-8-16)32(31-21)20-12-11-18(27)14-19(20)28/h7-12,14H,5-6,13H2,1-4H3. The highest BCUT2D eigenvalue weighted by Crippen LogP contribution is 2.37. The van der Waals surface area contributed by atoms with Gasteiger partial charge in [0, 0.05) is 27.8 Å². The predicted octanol–water partition coefficient (Wildman–Crippen LogP) is 7.91. The van der Waals surface area contributed by atoms with Gasteiger partial charge in [-0.1, -0.05) is 60.3 Å². The molecule has 4 rings (SSSR count). The number of hydrogen-bond acceptors (Lipinski definition) is 5. The van der Waals surface area contributed by atoms with E-state index in [0.717, 1.165) is 29.7 Å². The molecule has 0 bridgehead atoms. The number of nitrogens with zero attached hydrogens (tertiary/aromatic N) is 4. The van der Waals surface area contributed by atoms with Gasteiger partial charge in [0.15, 0.2) is 5.69 Å². The van der Waals surface area contributed by atoms with Crippen LogP contribution in [0.15, 0.2) is 46.9 Å². The van der Waals surface area contributed by atoms with Crippen LogP contribution in [0.2, 0.25) is 15.1 Å². The van der Waals surface area contributed by atoms with Crippen LogP contribution in [0.5, 0.6) is 0 Å². The fourth-order valence-electron chi connectivity index (χ4n) is 3.57. The molecule has 0 radical (unpaired) electrons. The topological polar surface area (TPSA) is 66.0 Å². The summed E-state index contributed by atoms with van der Waals surface area (Å²) < 4.78 is 13.8. The van der Waals surface area contributed by atoms with Crippen LogP contribution >= 0.6 is 34.8 Å². The number of aromatic nitrogens is 4. The van der Waals surface area contributed by atoms with Gasteiger partial charge in [-0.3, -0.25) is 0 Å². The zero-order valence-electron chi connectivity index (χ0n) is 19.4. The lowest BCUT2D eigenvalue weighted by molar-refractivity contribution is -0.0413. The van der Waals surface area contributed by atoms with Gasteiger partial charge >= 0.3 is 0 Å². The zero-order valence-corrected chi connectivity index (χ0v) is 21.7. The lowest BCUT2D eigenvalue weighted by Crippen LogP contribution is -2.22. The second kappa shape index (κ2) is 10.1. The highest BCUT2D eigenvalue weighted by molar-refractivity contribution is 6.35. The minimum absolute atomic E-state index is 0.304. The highest BCUT2D eigenvalue weighted by Gasteiger charge is 2.30. The molecule has 0 N–H and O–H groups in total. The SMILES string of the molecule is CCCCOC(C)(C)c1nnc(-c2nn(-c3ccc(Cl)cc3Cl)c(-c3ccc(Cl)cc3)c2C)o1. The molecule has 4 aromatic rings. The quantitative estimate of drug-likeness (QED) is 0.221. The number of ether oxygens (including phenoxy) is 1. The van der Waals surface area contributed by atoms with E-state index in [0.29, 0.717) is 44.8 Å². The van der Waals surface area contributed by atoms with Crippen LogP contribution in [0, 0.1) is 6.92 Å². The molecule has 0 fully saturated rings. The normalized spacial score (nSPS) is 11.9. The monoisotopic (exact) mass is 518 g/mol. The molecule has 178 valence electrons. The smallest absolute Gasteiger partial charge is 0.268 e. The van der Waals surface area contributed by atoms with Crippen LogP contribution in [-0.2, 0) is 10.3 Å². The molecule has 0 aliphatic rings. The Hall–Kier alpha value is -2.38. The maximum absolute atomic E-state index is 6.55. The molecule has 0 atom stereocenters. The first-order valence-electron chi connectivity index (χ1n) is 11.0. The number of rotatable bonds is 8. The first-order chi connectivity index (χ1) is 16.2. The van der Waals surface area contributed by atoms with E-state index in [1.54, 1.807) is 16.8 Å². The van der Waals surface area contributed by atoms with Crippen LogP contribution in [0.4, 0.5) is 0 Å². The Labute approximate surface area is 213 Å². The minimum Gasteiger partial charge on any atom is -0.416 e. The fraction of sp³-hybridized carbons (Fsp3) is 0.320. The molecule has 0 amide bonds. The second-order valence-corrected chi connectivity index (χ2v) is 9.74. The Balaban J connectivity index is 1.82. The van der Waals surface area contributed by atoms with Crippen molar-refractivity contribution < 1.29 is 9.15 Å². The molecule has 2 heterocycles. The van der Waals surface area contributed by atoms with E-state index in [9.17, 15) is 0 Å². The van der Waals surface area contributed by atoms with Gasteiger partial charge in [-0.2, -0.15) is 5.10 Å². The van der Waals surface area contributed by atoms with Crippen LogP contribution in [0.1, 0.15) is 45.1 Å². The molecule has 0 aliphatic carbocycles. The third-order valence-electron chi connectivity index (χ3n) is 5.48. The molecular weight excluding hydrogens is 495 g/mol. The molecule has 0 spiro atoms. The Morgan fingerprint density at radius 3 is 2.38 bits per heavy atom. The van der Waals surface area contributed by atoms with E-state index in [1.165, 1.54) is 0 Å². The Morgan fingerprint density at radius 1 is 1.00 bits per heavy atom. The van der Waals surface area contributed by atoms with Gasteiger partial charge < -0.3 is 9.15 Å². The summed E-state index contributed by atoms with van der Waals surface area (Å²) in [6, 6.07) is 12.8. The van der Waals surface area contributed by atoms with Gasteiger partial charge in [-0.15, -0.1) is 10.2 Å². The lowest BCUT2D eigenvalue weighted by atomic mass is 10.1. The van der Waals surface area contributed by atoms with Crippen LogP contribution in [-0.4, -0.2) is 26.6 Å². The largest absolute Gasteiger partial charge is 0.416 e. The van der Waals surface area contributed by atoms with Gasteiger partial charge in [0.25, 0.3) is 5.89 Å². The summed E-state index contributed by atoms with van der Waals surface area (Å²) in [7, 11) is 0. The van der Waals surface area contributed by atoms with Gasteiger partial charge in [0.2, 0.25) is 5.89 Å². The van der Waals surface area contributed by atoms with Crippen LogP contribution < -0.4 is 0 Å². The Morgan fingerprint density at radius 2 is 1.71 bits per heavy atom. The van der Waals surface area contributed by atoms with Crippen LogP contribution in [0.25, 0.3) is 28.5 Å². The van der Waals surface area contributed by atoms with E-state index < -0.39 is 5.60 Å². The minimum atomic E-state index is -0.713.